The number of unbranched alkanes of at least 4 members (excludes halogenated alkanes) is 1. The highest BCUT2D eigenvalue weighted by molar-refractivity contribution is 6.04. The summed E-state index contributed by atoms with van der Waals surface area (Å²) in [4.78, 5) is 15.0. The third-order valence-electron chi connectivity index (χ3n) is 5.20. The van der Waals surface area contributed by atoms with E-state index in [1.165, 1.54) is 19.3 Å². The van der Waals surface area contributed by atoms with Crippen molar-refractivity contribution in [2.24, 2.45) is 5.92 Å². The van der Waals surface area contributed by atoms with Crippen molar-refractivity contribution in [2.45, 2.75) is 51.1 Å². The van der Waals surface area contributed by atoms with E-state index in [0.29, 0.717) is 17.7 Å². The lowest BCUT2D eigenvalue weighted by atomic mass is 9.90. The number of hydrogen-bond donors (Lipinski definition) is 0. The molecule has 0 amide bonds. The van der Waals surface area contributed by atoms with Crippen molar-refractivity contribution in [1.82, 2.24) is 4.90 Å². The third-order valence-corrected chi connectivity index (χ3v) is 5.20. The van der Waals surface area contributed by atoms with Crippen LogP contribution in [0.4, 0.5) is 0 Å². The monoisotopic (exact) mass is 283 g/mol. The van der Waals surface area contributed by atoms with Crippen LogP contribution in [0.15, 0.2) is 35.9 Å². The van der Waals surface area contributed by atoms with Crippen molar-refractivity contribution in [3.05, 3.63) is 41.5 Å². The molecule has 2 bridgehead atoms. The van der Waals surface area contributed by atoms with Gasteiger partial charge in [-0.15, -0.1) is 0 Å². The average Bonchev–Trinajstić information content (AvgIpc) is 2.73. The molecule has 3 atom stereocenters. The standard InChI is InChI=1S/C19H25NO/c1-3-4-10-15-12-18-19(21)16(13-17(15)20(18)2)11-14-8-6-5-7-9-14/h5-9,11,15,17-18H,3-4,10,12-13H2,1-2H3/b16-11+/t15-,17+,18+/m0/s1. The Bertz CT molecular complexity index is 534. The van der Waals surface area contributed by atoms with Crippen LogP contribution in [0.1, 0.15) is 44.6 Å². The van der Waals surface area contributed by atoms with Crippen molar-refractivity contribution in [1.29, 1.82) is 0 Å². The van der Waals surface area contributed by atoms with Gasteiger partial charge in [0.15, 0.2) is 5.78 Å². The lowest BCUT2D eigenvalue weighted by Crippen LogP contribution is -2.44. The topological polar surface area (TPSA) is 20.3 Å². The Morgan fingerprint density at radius 3 is 2.76 bits per heavy atom. The van der Waals surface area contributed by atoms with Crippen molar-refractivity contribution in [3.8, 4) is 0 Å². The van der Waals surface area contributed by atoms with Gasteiger partial charge in [0.25, 0.3) is 0 Å². The number of piperidine rings is 1. The average molecular weight is 283 g/mol. The molecule has 0 N–H and O–H groups in total. The Morgan fingerprint density at radius 2 is 2.05 bits per heavy atom. The molecule has 2 aliphatic heterocycles. The molecule has 2 fully saturated rings. The highest BCUT2D eigenvalue weighted by Crippen LogP contribution is 2.41. The van der Waals surface area contributed by atoms with Gasteiger partial charge in [-0.25, -0.2) is 0 Å². The van der Waals surface area contributed by atoms with Gasteiger partial charge in [-0.3, -0.25) is 9.69 Å². The van der Waals surface area contributed by atoms with E-state index in [1.807, 2.05) is 18.2 Å². The van der Waals surface area contributed by atoms with E-state index in [2.05, 4.69) is 37.1 Å². The smallest absolute Gasteiger partial charge is 0.176 e. The van der Waals surface area contributed by atoms with Crippen LogP contribution in [0.2, 0.25) is 0 Å². The third kappa shape index (κ3) is 2.82. The van der Waals surface area contributed by atoms with E-state index < -0.39 is 0 Å². The fourth-order valence-corrected chi connectivity index (χ4v) is 3.97. The summed E-state index contributed by atoms with van der Waals surface area (Å²) in [5, 5.41) is 0. The number of Topliss-reactive ketones (excluding diaryl/α,β-unsaturated/α-hetero) is 1. The molecular formula is C19H25NO. The predicted octanol–water partition coefficient (Wildman–Crippen LogP) is 3.92. The number of carbonyl (C=O) groups is 1. The van der Waals surface area contributed by atoms with E-state index in [1.54, 1.807) is 0 Å². The molecule has 2 aliphatic rings. The summed E-state index contributed by atoms with van der Waals surface area (Å²) in [6, 6.07) is 10.9. The van der Waals surface area contributed by atoms with Crippen molar-refractivity contribution < 1.29 is 4.79 Å². The molecule has 1 aromatic rings. The molecule has 0 aromatic heterocycles. The second-order valence-electron chi connectivity index (χ2n) is 6.54. The summed E-state index contributed by atoms with van der Waals surface area (Å²) in [6.07, 6.45) is 7.90. The highest BCUT2D eigenvalue weighted by Gasteiger charge is 2.47. The van der Waals surface area contributed by atoms with Crippen LogP contribution >= 0.6 is 0 Å². The SMILES string of the molecule is CCCC[C@H]1C[C@@H]2C(=O)/C(=C/c3ccccc3)C[C@H]1N2C. The number of nitrogens with zero attached hydrogens (tertiary/aromatic N) is 1. The van der Waals surface area contributed by atoms with E-state index in [0.717, 1.165) is 24.0 Å². The van der Waals surface area contributed by atoms with Crippen molar-refractivity contribution in [2.75, 3.05) is 7.05 Å². The fourth-order valence-electron chi connectivity index (χ4n) is 3.97. The molecule has 0 radical (unpaired) electrons. The molecule has 1 aromatic carbocycles. The number of hydrogen-bond acceptors (Lipinski definition) is 2. The maximum absolute atomic E-state index is 12.7. The Kier molecular flexibility index (Phi) is 4.25. The first kappa shape index (κ1) is 14.5. The second kappa shape index (κ2) is 6.15. The maximum Gasteiger partial charge on any atom is 0.176 e. The zero-order valence-corrected chi connectivity index (χ0v) is 13.1. The number of likely N-dealkylation sites (N-methyl/N-ethyl adjacent to an activating group) is 1. The van der Waals surface area contributed by atoms with Crippen LogP contribution in [-0.2, 0) is 4.79 Å². The molecule has 0 spiro atoms. The number of benzene rings is 1. The Balaban J connectivity index is 1.81. The highest BCUT2D eigenvalue weighted by atomic mass is 16.1. The molecule has 3 rings (SSSR count). The summed E-state index contributed by atoms with van der Waals surface area (Å²) < 4.78 is 0. The lowest BCUT2D eigenvalue weighted by molar-refractivity contribution is -0.121. The van der Waals surface area contributed by atoms with Gasteiger partial charge in [0.2, 0.25) is 0 Å². The zero-order chi connectivity index (χ0) is 14.8. The van der Waals surface area contributed by atoms with Gasteiger partial charge < -0.3 is 0 Å². The normalized spacial score (nSPS) is 31.0. The molecule has 0 unspecified atom stereocenters. The first-order valence-corrected chi connectivity index (χ1v) is 8.22. The number of fused-ring (bicyclic) bond motifs is 2. The van der Waals surface area contributed by atoms with Gasteiger partial charge >= 0.3 is 0 Å². The minimum atomic E-state index is 0.126. The van der Waals surface area contributed by atoms with Crippen LogP contribution in [0.5, 0.6) is 0 Å². The molecule has 2 nitrogen and oxygen atoms in total. The molecule has 112 valence electrons. The molecule has 2 heteroatoms. The van der Waals surface area contributed by atoms with Gasteiger partial charge in [-0.1, -0.05) is 50.1 Å². The van der Waals surface area contributed by atoms with Gasteiger partial charge in [0.05, 0.1) is 6.04 Å². The largest absolute Gasteiger partial charge is 0.293 e. The van der Waals surface area contributed by atoms with Crippen LogP contribution < -0.4 is 0 Å². The van der Waals surface area contributed by atoms with Gasteiger partial charge in [-0.2, -0.15) is 0 Å². The van der Waals surface area contributed by atoms with E-state index in [4.69, 9.17) is 0 Å². The maximum atomic E-state index is 12.7. The van der Waals surface area contributed by atoms with Crippen LogP contribution in [0.3, 0.4) is 0 Å². The summed E-state index contributed by atoms with van der Waals surface area (Å²) in [5.41, 5.74) is 2.18. The van der Waals surface area contributed by atoms with E-state index in [9.17, 15) is 4.79 Å². The van der Waals surface area contributed by atoms with E-state index >= 15 is 0 Å². The molecule has 0 aliphatic carbocycles. The quantitative estimate of drug-likeness (QED) is 0.781. The van der Waals surface area contributed by atoms with Gasteiger partial charge in [-0.05, 0) is 49.4 Å². The van der Waals surface area contributed by atoms with Gasteiger partial charge in [0, 0.05) is 6.04 Å². The van der Waals surface area contributed by atoms with E-state index in [-0.39, 0.29) is 6.04 Å². The molecular weight excluding hydrogens is 258 g/mol. The summed E-state index contributed by atoms with van der Waals surface area (Å²) in [7, 11) is 2.14. The summed E-state index contributed by atoms with van der Waals surface area (Å²) in [5.74, 6) is 1.06. The molecule has 21 heavy (non-hydrogen) atoms. The predicted molar refractivity (Wildman–Crippen MR) is 87.0 cm³/mol. The minimum Gasteiger partial charge on any atom is -0.293 e. The van der Waals surface area contributed by atoms with Crippen LogP contribution in [-0.4, -0.2) is 29.8 Å². The summed E-state index contributed by atoms with van der Waals surface area (Å²) in [6.45, 7) is 2.25. The summed E-state index contributed by atoms with van der Waals surface area (Å²) >= 11 is 0. The number of rotatable bonds is 4. The van der Waals surface area contributed by atoms with Crippen LogP contribution in [0.25, 0.3) is 6.08 Å². The Labute approximate surface area is 127 Å². The molecule has 0 saturated carbocycles. The second-order valence-corrected chi connectivity index (χ2v) is 6.54. The minimum absolute atomic E-state index is 0.126. The lowest BCUT2D eigenvalue weighted by Gasteiger charge is -2.33. The van der Waals surface area contributed by atoms with Gasteiger partial charge in [0.1, 0.15) is 0 Å². The first-order chi connectivity index (χ1) is 10.2. The molecule has 2 heterocycles. The first-order valence-electron chi connectivity index (χ1n) is 8.22. The van der Waals surface area contributed by atoms with Crippen molar-refractivity contribution >= 4 is 11.9 Å². The van der Waals surface area contributed by atoms with Crippen molar-refractivity contribution in [3.63, 3.8) is 0 Å². The fraction of sp³-hybridized carbons (Fsp3) is 0.526. The van der Waals surface area contributed by atoms with Crippen LogP contribution in [0, 0.1) is 5.92 Å². The Hall–Kier alpha value is -1.41. The number of ketones is 1. The Morgan fingerprint density at radius 1 is 1.29 bits per heavy atom. The number of carbonyl (C=O) groups excluding carboxylic acids is 1. The molecule has 2 saturated heterocycles. The zero-order valence-electron chi connectivity index (χ0n) is 13.1.